The van der Waals surface area contributed by atoms with Crippen LogP contribution in [0, 0.1) is 5.82 Å². The highest BCUT2D eigenvalue weighted by molar-refractivity contribution is 6.31. The van der Waals surface area contributed by atoms with Gasteiger partial charge in [-0.3, -0.25) is 4.90 Å². The molecule has 1 heterocycles. The lowest BCUT2D eigenvalue weighted by Crippen LogP contribution is -2.40. The minimum atomic E-state index is -0.277. The Hall–Kier alpha value is -0.640. The largest absolute Gasteiger partial charge is 0.330 e. The van der Waals surface area contributed by atoms with Gasteiger partial charge in [0.05, 0.1) is 0 Å². The van der Waals surface area contributed by atoms with Gasteiger partial charge in [-0.05, 0) is 50.0 Å². The highest BCUT2D eigenvalue weighted by Crippen LogP contribution is 2.25. The lowest BCUT2D eigenvalue weighted by atomic mass is 9.98. The van der Waals surface area contributed by atoms with Crippen LogP contribution in [0.4, 0.5) is 4.39 Å². The third-order valence-corrected chi connectivity index (χ3v) is 3.99. The van der Waals surface area contributed by atoms with E-state index in [2.05, 4.69) is 4.90 Å². The van der Waals surface area contributed by atoms with Gasteiger partial charge in [0.25, 0.3) is 0 Å². The van der Waals surface area contributed by atoms with Gasteiger partial charge in [0.2, 0.25) is 0 Å². The third kappa shape index (κ3) is 3.44. The van der Waals surface area contributed by atoms with Crippen molar-refractivity contribution in [3.8, 4) is 0 Å². The second-order valence-electron chi connectivity index (χ2n) is 4.93. The van der Waals surface area contributed by atoms with E-state index in [-0.39, 0.29) is 5.82 Å². The number of nitrogens with zero attached hydrogens (tertiary/aromatic N) is 1. The molecule has 1 aliphatic heterocycles. The summed E-state index contributed by atoms with van der Waals surface area (Å²) in [5.41, 5.74) is 6.66. The number of piperidine rings is 1. The standard InChI is InChI=1S/C14H20ClFN2/c15-14-9-12(16)5-4-11(14)10-18-8-2-1-3-13(18)6-7-17/h4-5,9,13H,1-3,6-8,10,17H2. The molecule has 1 aliphatic rings. The Morgan fingerprint density at radius 2 is 2.22 bits per heavy atom. The van der Waals surface area contributed by atoms with Crippen LogP contribution in [0.5, 0.6) is 0 Å². The van der Waals surface area contributed by atoms with E-state index in [4.69, 9.17) is 17.3 Å². The number of hydrogen-bond acceptors (Lipinski definition) is 2. The van der Waals surface area contributed by atoms with Crippen molar-refractivity contribution in [1.29, 1.82) is 0 Å². The van der Waals surface area contributed by atoms with E-state index in [1.165, 1.54) is 31.4 Å². The van der Waals surface area contributed by atoms with Gasteiger partial charge in [0.15, 0.2) is 0 Å². The molecule has 4 heteroatoms. The van der Waals surface area contributed by atoms with Crippen molar-refractivity contribution in [1.82, 2.24) is 4.90 Å². The van der Waals surface area contributed by atoms with Gasteiger partial charge < -0.3 is 5.73 Å². The van der Waals surface area contributed by atoms with E-state index in [1.807, 2.05) is 0 Å². The molecular weight excluding hydrogens is 251 g/mol. The SMILES string of the molecule is NCCC1CCCCN1Cc1ccc(F)cc1Cl. The highest BCUT2D eigenvalue weighted by Gasteiger charge is 2.22. The van der Waals surface area contributed by atoms with Crippen molar-refractivity contribution in [3.05, 3.63) is 34.6 Å². The van der Waals surface area contributed by atoms with Crippen molar-refractivity contribution in [2.24, 2.45) is 5.73 Å². The Labute approximate surface area is 113 Å². The summed E-state index contributed by atoms with van der Waals surface area (Å²) in [6, 6.07) is 5.19. The summed E-state index contributed by atoms with van der Waals surface area (Å²) in [6.07, 6.45) is 4.73. The van der Waals surface area contributed by atoms with E-state index >= 15 is 0 Å². The fraction of sp³-hybridized carbons (Fsp3) is 0.571. The van der Waals surface area contributed by atoms with Crippen LogP contribution in [-0.4, -0.2) is 24.0 Å². The molecule has 0 saturated carbocycles. The molecule has 0 spiro atoms. The third-order valence-electron chi connectivity index (χ3n) is 3.64. The maximum absolute atomic E-state index is 13.0. The maximum atomic E-state index is 13.0. The van der Waals surface area contributed by atoms with Crippen LogP contribution in [0.2, 0.25) is 5.02 Å². The average Bonchev–Trinajstić information content (AvgIpc) is 2.35. The molecule has 1 saturated heterocycles. The summed E-state index contributed by atoms with van der Waals surface area (Å²) < 4.78 is 13.0. The van der Waals surface area contributed by atoms with Crippen LogP contribution in [0.25, 0.3) is 0 Å². The van der Waals surface area contributed by atoms with Crippen LogP contribution in [-0.2, 0) is 6.54 Å². The molecule has 0 bridgehead atoms. The summed E-state index contributed by atoms with van der Waals surface area (Å²) in [5, 5.41) is 0.520. The summed E-state index contributed by atoms with van der Waals surface area (Å²) in [5.74, 6) is -0.277. The van der Waals surface area contributed by atoms with Crippen molar-refractivity contribution in [2.45, 2.75) is 38.3 Å². The lowest BCUT2D eigenvalue weighted by Gasteiger charge is -2.35. The number of benzene rings is 1. The first-order valence-electron chi connectivity index (χ1n) is 6.58. The van der Waals surface area contributed by atoms with Gasteiger partial charge in [-0.25, -0.2) is 4.39 Å². The van der Waals surface area contributed by atoms with Crippen LogP contribution in [0.3, 0.4) is 0 Å². The summed E-state index contributed by atoms with van der Waals surface area (Å²) >= 11 is 6.08. The molecule has 1 unspecified atom stereocenters. The predicted octanol–water partition coefficient (Wildman–Crippen LogP) is 3.18. The number of rotatable bonds is 4. The minimum Gasteiger partial charge on any atom is -0.330 e. The van der Waals surface area contributed by atoms with E-state index in [9.17, 15) is 4.39 Å². The number of nitrogens with two attached hydrogens (primary N) is 1. The molecule has 2 rings (SSSR count). The Morgan fingerprint density at radius 3 is 2.94 bits per heavy atom. The predicted molar refractivity (Wildman–Crippen MR) is 73.1 cm³/mol. The Bertz CT molecular complexity index is 395. The van der Waals surface area contributed by atoms with Gasteiger partial charge in [-0.2, -0.15) is 0 Å². The van der Waals surface area contributed by atoms with Crippen LogP contribution in [0.1, 0.15) is 31.2 Å². The van der Waals surface area contributed by atoms with E-state index < -0.39 is 0 Å². The van der Waals surface area contributed by atoms with E-state index in [0.29, 0.717) is 11.1 Å². The maximum Gasteiger partial charge on any atom is 0.124 e. The van der Waals surface area contributed by atoms with E-state index in [0.717, 1.165) is 31.6 Å². The normalized spacial score (nSPS) is 21.2. The molecule has 2 nitrogen and oxygen atoms in total. The van der Waals surface area contributed by atoms with Crippen LogP contribution in [0.15, 0.2) is 18.2 Å². The molecule has 1 fully saturated rings. The monoisotopic (exact) mass is 270 g/mol. The van der Waals surface area contributed by atoms with Gasteiger partial charge in [0.1, 0.15) is 5.82 Å². The van der Waals surface area contributed by atoms with Gasteiger partial charge in [-0.1, -0.05) is 24.1 Å². The molecule has 18 heavy (non-hydrogen) atoms. The van der Waals surface area contributed by atoms with Gasteiger partial charge >= 0.3 is 0 Å². The Balaban J connectivity index is 2.06. The van der Waals surface area contributed by atoms with E-state index in [1.54, 1.807) is 6.07 Å². The first-order valence-corrected chi connectivity index (χ1v) is 6.96. The second-order valence-corrected chi connectivity index (χ2v) is 5.34. The summed E-state index contributed by atoms with van der Waals surface area (Å²) in [4.78, 5) is 2.43. The number of halogens is 2. The van der Waals surface area contributed by atoms with Gasteiger partial charge in [0, 0.05) is 17.6 Å². The molecule has 0 radical (unpaired) electrons. The smallest absolute Gasteiger partial charge is 0.124 e. The second kappa shape index (κ2) is 6.50. The first-order chi connectivity index (χ1) is 8.70. The number of hydrogen-bond donors (Lipinski definition) is 1. The zero-order chi connectivity index (χ0) is 13.0. The van der Waals surface area contributed by atoms with Crippen LogP contribution >= 0.6 is 11.6 Å². The Kier molecular flexibility index (Phi) is 4.98. The molecule has 0 aliphatic carbocycles. The number of likely N-dealkylation sites (tertiary alicyclic amines) is 1. The molecule has 1 atom stereocenters. The first kappa shape index (κ1) is 13.8. The molecular formula is C14H20ClFN2. The topological polar surface area (TPSA) is 29.3 Å². The highest BCUT2D eigenvalue weighted by atomic mass is 35.5. The fourth-order valence-corrected chi connectivity index (χ4v) is 2.88. The zero-order valence-corrected chi connectivity index (χ0v) is 11.3. The molecule has 0 aromatic heterocycles. The van der Waals surface area contributed by atoms with Crippen molar-refractivity contribution >= 4 is 11.6 Å². The Morgan fingerprint density at radius 1 is 1.39 bits per heavy atom. The average molecular weight is 271 g/mol. The molecule has 0 amide bonds. The molecule has 100 valence electrons. The quantitative estimate of drug-likeness (QED) is 0.911. The van der Waals surface area contributed by atoms with Crippen molar-refractivity contribution in [2.75, 3.05) is 13.1 Å². The fourth-order valence-electron chi connectivity index (χ4n) is 2.66. The molecule has 1 aromatic carbocycles. The molecule has 2 N–H and O–H groups in total. The minimum absolute atomic E-state index is 0.277. The summed E-state index contributed by atoms with van der Waals surface area (Å²) in [6.45, 7) is 2.60. The van der Waals surface area contributed by atoms with Crippen LogP contribution < -0.4 is 5.73 Å². The lowest BCUT2D eigenvalue weighted by molar-refractivity contribution is 0.134. The van der Waals surface area contributed by atoms with Crippen molar-refractivity contribution in [3.63, 3.8) is 0 Å². The molecule has 1 aromatic rings. The summed E-state index contributed by atoms with van der Waals surface area (Å²) in [7, 11) is 0. The zero-order valence-electron chi connectivity index (χ0n) is 10.5. The van der Waals surface area contributed by atoms with Crippen molar-refractivity contribution < 1.29 is 4.39 Å². The van der Waals surface area contributed by atoms with Gasteiger partial charge in [-0.15, -0.1) is 0 Å².